The molecule has 142 valence electrons. The van der Waals surface area contributed by atoms with Gasteiger partial charge in [-0.05, 0) is 29.7 Å². The predicted molar refractivity (Wildman–Crippen MR) is 106 cm³/mol. The maximum absolute atomic E-state index is 12.4. The van der Waals surface area contributed by atoms with Crippen molar-refractivity contribution < 1.29 is 14.5 Å². The number of hydrogen-bond donors (Lipinski definition) is 1. The molecule has 3 aromatic rings. The molecular weight excluding hydrogens is 356 g/mol. The number of nitro groups is 1. The Hall–Kier alpha value is -3.67. The van der Waals surface area contributed by atoms with E-state index in [0.29, 0.717) is 12.2 Å². The average Bonchev–Trinajstić information content (AvgIpc) is 2.73. The van der Waals surface area contributed by atoms with E-state index < -0.39 is 4.92 Å². The van der Waals surface area contributed by atoms with Crippen LogP contribution in [0.2, 0.25) is 0 Å². The zero-order valence-electron chi connectivity index (χ0n) is 15.2. The van der Waals surface area contributed by atoms with Crippen LogP contribution < -0.4 is 10.1 Å². The van der Waals surface area contributed by atoms with Gasteiger partial charge in [-0.15, -0.1) is 0 Å². The Labute approximate surface area is 162 Å². The largest absolute Gasteiger partial charge is 0.484 e. The third kappa shape index (κ3) is 5.41. The molecule has 0 aliphatic rings. The molecule has 0 heterocycles. The van der Waals surface area contributed by atoms with Crippen molar-refractivity contribution in [3.8, 4) is 5.75 Å². The number of rotatable bonds is 8. The minimum absolute atomic E-state index is 0.0243. The van der Waals surface area contributed by atoms with Crippen molar-refractivity contribution in [2.45, 2.75) is 12.5 Å². The number of carbonyl (C=O) groups excluding carboxylic acids is 1. The number of benzene rings is 3. The van der Waals surface area contributed by atoms with Gasteiger partial charge in [-0.1, -0.05) is 60.7 Å². The van der Waals surface area contributed by atoms with Crippen LogP contribution in [0.3, 0.4) is 0 Å². The first kappa shape index (κ1) is 19.1. The van der Waals surface area contributed by atoms with E-state index in [1.54, 1.807) is 0 Å². The van der Waals surface area contributed by atoms with Gasteiger partial charge in [0.05, 0.1) is 11.0 Å². The predicted octanol–water partition coefficient (Wildman–Crippen LogP) is 4.07. The van der Waals surface area contributed by atoms with Crippen molar-refractivity contribution in [1.29, 1.82) is 0 Å². The summed E-state index contributed by atoms with van der Waals surface area (Å²) in [6.07, 6.45) is 0.661. The Morgan fingerprint density at radius 2 is 1.54 bits per heavy atom. The molecule has 0 saturated heterocycles. The monoisotopic (exact) mass is 376 g/mol. The van der Waals surface area contributed by atoms with Crippen LogP contribution in [-0.2, 0) is 11.2 Å². The van der Waals surface area contributed by atoms with Crippen LogP contribution in [0, 0.1) is 10.1 Å². The Morgan fingerprint density at radius 3 is 2.14 bits per heavy atom. The summed E-state index contributed by atoms with van der Waals surface area (Å²) in [7, 11) is 0. The van der Waals surface area contributed by atoms with Crippen LogP contribution in [0.25, 0.3) is 0 Å². The van der Waals surface area contributed by atoms with Gasteiger partial charge in [0, 0.05) is 12.1 Å². The number of amides is 1. The number of non-ortho nitro benzene ring substituents is 1. The van der Waals surface area contributed by atoms with Gasteiger partial charge in [0.15, 0.2) is 6.61 Å². The molecular formula is C22H20N2O4. The summed E-state index contributed by atoms with van der Waals surface area (Å²) in [5, 5.41) is 13.7. The van der Waals surface area contributed by atoms with Crippen LogP contribution in [0.1, 0.15) is 17.2 Å². The summed E-state index contributed by atoms with van der Waals surface area (Å²) in [6.45, 7) is -0.171. The molecule has 1 unspecified atom stereocenters. The summed E-state index contributed by atoms with van der Waals surface area (Å²) < 4.78 is 5.45. The molecule has 0 bridgehead atoms. The Bertz CT molecular complexity index is 912. The van der Waals surface area contributed by atoms with Crippen LogP contribution >= 0.6 is 0 Å². The lowest BCUT2D eigenvalue weighted by molar-refractivity contribution is -0.384. The third-order valence-corrected chi connectivity index (χ3v) is 4.24. The quantitative estimate of drug-likeness (QED) is 0.474. The average molecular weight is 376 g/mol. The lowest BCUT2D eigenvalue weighted by Gasteiger charge is -2.19. The molecule has 0 radical (unpaired) electrons. The minimum atomic E-state index is -0.482. The SMILES string of the molecule is O=C(COc1ccc([N+](=O)[O-])cc1)NC(Cc1ccccc1)c1ccccc1. The van der Waals surface area contributed by atoms with Crippen molar-refractivity contribution in [3.05, 3.63) is 106 Å². The molecule has 0 aromatic heterocycles. The van der Waals surface area contributed by atoms with Crippen molar-refractivity contribution in [1.82, 2.24) is 5.32 Å². The van der Waals surface area contributed by atoms with E-state index in [1.807, 2.05) is 60.7 Å². The minimum Gasteiger partial charge on any atom is -0.484 e. The fraction of sp³-hybridized carbons (Fsp3) is 0.136. The lowest BCUT2D eigenvalue weighted by Crippen LogP contribution is -2.33. The number of nitrogens with zero attached hydrogens (tertiary/aromatic N) is 1. The number of hydrogen-bond acceptors (Lipinski definition) is 4. The maximum atomic E-state index is 12.4. The van der Waals surface area contributed by atoms with Gasteiger partial charge >= 0.3 is 0 Å². The summed E-state index contributed by atoms with van der Waals surface area (Å²) in [6, 6.07) is 25.2. The zero-order valence-corrected chi connectivity index (χ0v) is 15.2. The molecule has 0 spiro atoms. The smallest absolute Gasteiger partial charge is 0.269 e. The number of carbonyl (C=O) groups is 1. The number of nitro benzene ring substituents is 1. The molecule has 0 aliphatic carbocycles. The van der Waals surface area contributed by atoms with E-state index in [2.05, 4.69) is 5.32 Å². The van der Waals surface area contributed by atoms with Gasteiger partial charge in [0.1, 0.15) is 5.75 Å². The molecule has 6 nitrogen and oxygen atoms in total. The van der Waals surface area contributed by atoms with Crippen molar-refractivity contribution >= 4 is 11.6 Å². The second kappa shape index (κ2) is 9.32. The van der Waals surface area contributed by atoms with E-state index in [-0.39, 0.29) is 24.2 Å². The highest BCUT2D eigenvalue weighted by Crippen LogP contribution is 2.19. The zero-order chi connectivity index (χ0) is 19.8. The summed E-state index contributed by atoms with van der Waals surface area (Å²) >= 11 is 0. The van der Waals surface area contributed by atoms with E-state index in [9.17, 15) is 14.9 Å². The van der Waals surface area contributed by atoms with Gasteiger partial charge in [0.2, 0.25) is 0 Å². The fourth-order valence-corrected chi connectivity index (χ4v) is 2.84. The molecule has 3 rings (SSSR count). The first-order valence-corrected chi connectivity index (χ1v) is 8.87. The summed E-state index contributed by atoms with van der Waals surface area (Å²) in [4.78, 5) is 22.6. The first-order valence-electron chi connectivity index (χ1n) is 8.87. The molecule has 1 amide bonds. The Balaban J connectivity index is 1.63. The molecule has 1 atom stereocenters. The van der Waals surface area contributed by atoms with E-state index in [4.69, 9.17) is 4.74 Å². The standard InChI is InChI=1S/C22H20N2O4/c25-22(16-28-20-13-11-19(12-14-20)24(26)27)23-21(18-9-5-2-6-10-18)15-17-7-3-1-4-8-17/h1-14,21H,15-16H2,(H,23,25). The second-order valence-corrected chi connectivity index (χ2v) is 6.26. The molecule has 0 saturated carbocycles. The van der Waals surface area contributed by atoms with Gasteiger partial charge < -0.3 is 10.1 Å². The highest BCUT2D eigenvalue weighted by atomic mass is 16.6. The van der Waals surface area contributed by atoms with Crippen LogP contribution in [-0.4, -0.2) is 17.4 Å². The van der Waals surface area contributed by atoms with Crippen molar-refractivity contribution in [2.24, 2.45) is 0 Å². The van der Waals surface area contributed by atoms with Gasteiger partial charge in [-0.25, -0.2) is 0 Å². The van der Waals surface area contributed by atoms with E-state index in [1.165, 1.54) is 24.3 Å². The van der Waals surface area contributed by atoms with E-state index in [0.717, 1.165) is 11.1 Å². The highest BCUT2D eigenvalue weighted by molar-refractivity contribution is 5.78. The fourth-order valence-electron chi connectivity index (χ4n) is 2.84. The van der Waals surface area contributed by atoms with Crippen LogP contribution in [0.4, 0.5) is 5.69 Å². The van der Waals surface area contributed by atoms with Crippen LogP contribution in [0.5, 0.6) is 5.75 Å². The second-order valence-electron chi connectivity index (χ2n) is 6.26. The van der Waals surface area contributed by atoms with Crippen molar-refractivity contribution in [3.63, 3.8) is 0 Å². The number of nitrogens with one attached hydrogen (secondary N) is 1. The van der Waals surface area contributed by atoms with Crippen LogP contribution in [0.15, 0.2) is 84.9 Å². The molecule has 3 aromatic carbocycles. The van der Waals surface area contributed by atoms with Crippen molar-refractivity contribution in [2.75, 3.05) is 6.61 Å². The summed E-state index contributed by atoms with van der Waals surface area (Å²) in [5.74, 6) is 0.142. The maximum Gasteiger partial charge on any atom is 0.269 e. The molecule has 28 heavy (non-hydrogen) atoms. The molecule has 0 aliphatic heterocycles. The molecule has 1 N–H and O–H groups in total. The third-order valence-electron chi connectivity index (χ3n) is 4.24. The highest BCUT2D eigenvalue weighted by Gasteiger charge is 2.16. The lowest BCUT2D eigenvalue weighted by atomic mass is 9.99. The van der Waals surface area contributed by atoms with Gasteiger partial charge in [0.25, 0.3) is 11.6 Å². The first-order chi connectivity index (χ1) is 13.6. The topological polar surface area (TPSA) is 81.5 Å². The number of ether oxygens (including phenoxy) is 1. The van der Waals surface area contributed by atoms with Gasteiger partial charge in [-0.3, -0.25) is 14.9 Å². The van der Waals surface area contributed by atoms with Gasteiger partial charge in [-0.2, -0.15) is 0 Å². The Morgan fingerprint density at radius 1 is 0.929 bits per heavy atom. The summed E-state index contributed by atoms with van der Waals surface area (Å²) in [5.41, 5.74) is 2.10. The van der Waals surface area contributed by atoms with E-state index >= 15 is 0 Å². The normalized spacial score (nSPS) is 11.4. The Kier molecular flexibility index (Phi) is 6.36. The molecule has 0 fully saturated rings. The molecule has 6 heteroatoms.